The monoisotopic (exact) mass is 265 g/mol. The van der Waals surface area contributed by atoms with Crippen molar-refractivity contribution in [3.63, 3.8) is 0 Å². The molecule has 1 aliphatic heterocycles. The summed E-state index contributed by atoms with van der Waals surface area (Å²) in [6.07, 6.45) is 1.18. The van der Waals surface area contributed by atoms with Crippen LogP contribution in [0.1, 0.15) is 25.8 Å². The Hall–Kier alpha value is -0.510. The van der Waals surface area contributed by atoms with Gasteiger partial charge in [0.05, 0.1) is 6.61 Å². The highest BCUT2D eigenvalue weighted by Crippen LogP contribution is 2.28. The highest BCUT2D eigenvalue weighted by molar-refractivity contribution is 8.00. The van der Waals surface area contributed by atoms with Crippen LogP contribution in [0.25, 0.3) is 0 Å². The maximum Gasteiger partial charge on any atom is 0.0589 e. The first kappa shape index (κ1) is 13.9. The number of nitrogens with one attached hydrogen (secondary N) is 1. The van der Waals surface area contributed by atoms with Gasteiger partial charge in [0.2, 0.25) is 0 Å². The zero-order chi connectivity index (χ0) is 12.8. The Morgan fingerprint density at radius 1 is 1.44 bits per heavy atom. The van der Waals surface area contributed by atoms with Crippen molar-refractivity contribution in [3.05, 3.63) is 29.8 Å². The summed E-state index contributed by atoms with van der Waals surface area (Å²) in [6, 6.07) is 8.86. The average Bonchev–Trinajstić information content (AvgIpc) is 2.82. The molecule has 2 rings (SSSR count). The van der Waals surface area contributed by atoms with Crippen molar-refractivity contribution in [3.8, 4) is 0 Å². The molecule has 1 N–H and O–H groups in total. The van der Waals surface area contributed by atoms with Crippen molar-refractivity contribution < 1.29 is 4.74 Å². The van der Waals surface area contributed by atoms with Crippen LogP contribution in [0.4, 0.5) is 0 Å². The van der Waals surface area contributed by atoms with E-state index in [1.807, 2.05) is 11.8 Å². The molecule has 1 saturated heterocycles. The number of rotatable bonds is 6. The number of hydrogen-bond acceptors (Lipinski definition) is 3. The van der Waals surface area contributed by atoms with Crippen LogP contribution in [0, 0.1) is 5.92 Å². The lowest BCUT2D eigenvalue weighted by atomic mass is 10.2. The molecule has 18 heavy (non-hydrogen) atoms. The van der Waals surface area contributed by atoms with Gasteiger partial charge in [0, 0.05) is 23.3 Å². The molecule has 1 unspecified atom stereocenters. The van der Waals surface area contributed by atoms with Crippen LogP contribution in [-0.4, -0.2) is 25.0 Å². The molecular weight excluding hydrogens is 242 g/mol. The van der Waals surface area contributed by atoms with Crippen LogP contribution in [0.15, 0.2) is 29.2 Å². The summed E-state index contributed by atoms with van der Waals surface area (Å²) in [5, 5.41) is 4.13. The van der Waals surface area contributed by atoms with Crippen molar-refractivity contribution in [1.29, 1.82) is 0 Å². The normalized spacial score (nSPS) is 19.6. The van der Waals surface area contributed by atoms with E-state index in [4.69, 9.17) is 4.74 Å². The number of ether oxygens (including phenoxy) is 1. The molecule has 1 heterocycles. The first-order valence-corrected chi connectivity index (χ1v) is 7.66. The Kier molecular flexibility index (Phi) is 5.54. The van der Waals surface area contributed by atoms with Crippen LogP contribution < -0.4 is 5.32 Å². The lowest BCUT2D eigenvalue weighted by molar-refractivity contribution is 0.199. The van der Waals surface area contributed by atoms with Crippen molar-refractivity contribution >= 4 is 11.8 Å². The van der Waals surface area contributed by atoms with E-state index in [2.05, 4.69) is 43.4 Å². The summed E-state index contributed by atoms with van der Waals surface area (Å²) in [7, 11) is 0. The molecule has 0 aliphatic carbocycles. The van der Waals surface area contributed by atoms with Crippen molar-refractivity contribution in [1.82, 2.24) is 5.32 Å². The van der Waals surface area contributed by atoms with Gasteiger partial charge in [-0.3, -0.25) is 0 Å². The van der Waals surface area contributed by atoms with Gasteiger partial charge in [0.15, 0.2) is 0 Å². The summed E-state index contributed by atoms with van der Waals surface area (Å²) in [4.78, 5) is 1.37. The lowest BCUT2D eigenvalue weighted by Gasteiger charge is -2.10. The van der Waals surface area contributed by atoms with Crippen LogP contribution in [0.2, 0.25) is 0 Å². The van der Waals surface area contributed by atoms with Gasteiger partial charge >= 0.3 is 0 Å². The lowest BCUT2D eigenvalue weighted by Crippen LogP contribution is -2.18. The van der Waals surface area contributed by atoms with E-state index in [1.54, 1.807) is 0 Å². The van der Waals surface area contributed by atoms with E-state index in [9.17, 15) is 0 Å². The molecule has 1 aliphatic rings. The summed E-state index contributed by atoms with van der Waals surface area (Å²) in [5.41, 5.74) is 1.37. The van der Waals surface area contributed by atoms with Crippen LogP contribution in [0.5, 0.6) is 0 Å². The van der Waals surface area contributed by atoms with Gasteiger partial charge in [-0.05, 0) is 36.6 Å². The van der Waals surface area contributed by atoms with E-state index in [-0.39, 0.29) is 0 Å². The minimum Gasteiger partial charge on any atom is -0.380 e. The zero-order valence-electron chi connectivity index (χ0n) is 11.3. The van der Waals surface area contributed by atoms with Gasteiger partial charge in [-0.25, -0.2) is 0 Å². The Morgan fingerprint density at radius 2 is 2.33 bits per heavy atom. The van der Waals surface area contributed by atoms with Crippen molar-refractivity contribution in [2.45, 2.75) is 37.0 Å². The number of hydrogen-bond donors (Lipinski definition) is 1. The molecule has 1 fully saturated rings. The SMILES string of the molecule is CC(C)CNCc1cccc(SC2CCOC2)c1. The maximum absolute atomic E-state index is 5.42. The van der Waals surface area contributed by atoms with E-state index >= 15 is 0 Å². The molecular formula is C15H23NOS. The minimum atomic E-state index is 0.642. The molecule has 100 valence electrons. The summed E-state index contributed by atoms with van der Waals surface area (Å²) < 4.78 is 5.42. The fourth-order valence-electron chi connectivity index (χ4n) is 2.03. The van der Waals surface area contributed by atoms with Gasteiger partial charge in [-0.15, -0.1) is 11.8 Å². The molecule has 1 aromatic carbocycles. The van der Waals surface area contributed by atoms with E-state index in [0.29, 0.717) is 11.2 Å². The molecule has 0 spiro atoms. The topological polar surface area (TPSA) is 21.3 Å². The maximum atomic E-state index is 5.42. The van der Waals surface area contributed by atoms with Crippen molar-refractivity contribution in [2.24, 2.45) is 5.92 Å². The second-order valence-corrected chi connectivity index (χ2v) is 6.65. The Labute approximate surface area is 114 Å². The molecule has 0 saturated carbocycles. The van der Waals surface area contributed by atoms with E-state index < -0.39 is 0 Å². The average molecular weight is 265 g/mol. The van der Waals surface area contributed by atoms with Gasteiger partial charge < -0.3 is 10.1 Å². The quantitative estimate of drug-likeness (QED) is 0.852. The fourth-order valence-corrected chi connectivity index (χ4v) is 3.17. The Bertz CT molecular complexity index is 361. The van der Waals surface area contributed by atoms with Gasteiger partial charge in [0.25, 0.3) is 0 Å². The Balaban J connectivity index is 1.84. The first-order chi connectivity index (χ1) is 8.74. The van der Waals surface area contributed by atoms with Gasteiger partial charge in [-0.2, -0.15) is 0 Å². The second-order valence-electron chi connectivity index (χ2n) is 5.28. The number of thioether (sulfide) groups is 1. The zero-order valence-corrected chi connectivity index (χ0v) is 12.1. The predicted octanol–water partition coefficient (Wildman–Crippen LogP) is 3.31. The van der Waals surface area contributed by atoms with E-state index in [1.165, 1.54) is 16.9 Å². The van der Waals surface area contributed by atoms with Gasteiger partial charge in [-0.1, -0.05) is 26.0 Å². The predicted molar refractivity (Wildman–Crippen MR) is 78.1 cm³/mol. The van der Waals surface area contributed by atoms with Crippen LogP contribution in [-0.2, 0) is 11.3 Å². The molecule has 1 aromatic rings. The van der Waals surface area contributed by atoms with E-state index in [0.717, 1.165) is 26.3 Å². The molecule has 0 aromatic heterocycles. The highest BCUT2D eigenvalue weighted by Gasteiger charge is 2.16. The molecule has 2 nitrogen and oxygen atoms in total. The third-order valence-corrected chi connectivity index (χ3v) is 4.20. The highest BCUT2D eigenvalue weighted by atomic mass is 32.2. The standard InChI is InChI=1S/C15H23NOS/c1-12(2)9-16-10-13-4-3-5-14(8-13)18-15-6-7-17-11-15/h3-5,8,12,15-16H,6-7,9-11H2,1-2H3. The summed E-state index contributed by atoms with van der Waals surface area (Å²) >= 11 is 1.95. The third kappa shape index (κ3) is 4.63. The smallest absolute Gasteiger partial charge is 0.0589 e. The number of benzene rings is 1. The minimum absolute atomic E-state index is 0.642. The summed E-state index contributed by atoms with van der Waals surface area (Å²) in [6.45, 7) is 8.34. The molecule has 3 heteroatoms. The van der Waals surface area contributed by atoms with Crippen LogP contribution >= 0.6 is 11.8 Å². The van der Waals surface area contributed by atoms with Crippen molar-refractivity contribution in [2.75, 3.05) is 19.8 Å². The molecule has 1 atom stereocenters. The first-order valence-electron chi connectivity index (χ1n) is 6.78. The molecule has 0 radical (unpaired) electrons. The summed E-state index contributed by atoms with van der Waals surface area (Å²) in [5.74, 6) is 0.707. The molecule has 0 amide bonds. The third-order valence-electron chi connectivity index (χ3n) is 2.97. The van der Waals surface area contributed by atoms with Gasteiger partial charge in [0.1, 0.15) is 0 Å². The fraction of sp³-hybridized carbons (Fsp3) is 0.600. The largest absolute Gasteiger partial charge is 0.380 e. The van der Waals surface area contributed by atoms with Crippen LogP contribution in [0.3, 0.4) is 0 Å². The Morgan fingerprint density at radius 3 is 3.06 bits per heavy atom. The second kappa shape index (κ2) is 7.17. The molecule has 0 bridgehead atoms.